The smallest absolute Gasteiger partial charge is 0.227 e. The summed E-state index contributed by atoms with van der Waals surface area (Å²) < 4.78 is 0. The van der Waals surface area contributed by atoms with E-state index in [4.69, 9.17) is 4.98 Å². The van der Waals surface area contributed by atoms with Crippen LogP contribution >= 0.6 is 0 Å². The first kappa shape index (κ1) is 15.7. The Morgan fingerprint density at radius 2 is 2.17 bits per heavy atom. The summed E-state index contributed by atoms with van der Waals surface area (Å²) >= 11 is 0. The van der Waals surface area contributed by atoms with Gasteiger partial charge in [-0.15, -0.1) is 0 Å². The maximum absolute atomic E-state index is 12.4. The Morgan fingerprint density at radius 3 is 2.87 bits per heavy atom. The van der Waals surface area contributed by atoms with Gasteiger partial charge in [0.25, 0.3) is 0 Å². The molecule has 1 saturated heterocycles. The number of likely N-dealkylation sites (tertiary alicyclic amines) is 1. The molecule has 5 nitrogen and oxygen atoms in total. The molecule has 2 aromatic heterocycles. The molecular formula is C18H24N4O. The molecule has 3 heterocycles. The molecule has 0 bridgehead atoms. The lowest BCUT2D eigenvalue weighted by molar-refractivity contribution is -0.138. The van der Waals surface area contributed by atoms with Crippen LogP contribution in [0, 0.1) is 11.3 Å². The lowest BCUT2D eigenvalue weighted by Gasteiger charge is -2.25. The van der Waals surface area contributed by atoms with Crippen LogP contribution in [0.4, 0.5) is 0 Å². The van der Waals surface area contributed by atoms with Crippen molar-refractivity contribution in [2.24, 2.45) is 11.3 Å². The van der Waals surface area contributed by atoms with Crippen molar-refractivity contribution in [2.75, 3.05) is 13.1 Å². The molecule has 1 fully saturated rings. The van der Waals surface area contributed by atoms with Crippen molar-refractivity contribution in [3.8, 4) is 11.4 Å². The van der Waals surface area contributed by atoms with E-state index in [2.05, 4.69) is 16.3 Å². The normalized spacial score (nSPS) is 18.4. The maximum atomic E-state index is 12.4. The van der Waals surface area contributed by atoms with Gasteiger partial charge in [-0.05, 0) is 37.0 Å². The fraction of sp³-hybridized carbons (Fsp3) is 0.500. The van der Waals surface area contributed by atoms with Crippen molar-refractivity contribution in [3.63, 3.8) is 0 Å². The molecular weight excluding hydrogens is 288 g/mol. The summed E-state index contributed by atoms with van der Waals surface area (Å²) in [4.78, 5) is 19.1. The highest BCUT2D eigenvalue weighted by Crippen LogP contribution is 2.26. The van der Waals surface area contributed by atoms with E-state index in [0.29, 0.717) is 5.92 Å². The van der Waals surface area contributed by atoms with Crippen molar-refractivity contribution < 1.29 is 4.79 Å². The predicted octanol–water partition coefficient (Wildman–Crippen LogP) is 2.91. The van der Waals surface area contributed by atoms with Crippen molar-refractivity contribution in [1.29, 1.82) is 0 Å². The van der Waals surface area contributed by atoms with Gasteiger partial charge in [0.2, 0.25) is 5.91 Å². The van der Waals surface area contributed by atoms with E-state index in [1.54, 1.807) is 6.20 Å². The molecule has 0 radical (unpaired) electrons. The lowest BCUT2D eigenvalue weighted by Crippen LogP contribution is -2.38. The van der Waals surface area contributed by atoms with Gasteiger partial charge in [0.15, 0.2) is 0 Å². The molecule has 1 aliphatic heterocycles. The van der Waals surface area contributed by atoms with Gasteiger partial charge < -0.3 is 4.90 Å². The fourth-order valence-electron chi connectivity index (χ4n) is 3.10. The number of rotatable bonds is 3. The van der Waals surface area contributed by atoms with Crippen LogP contribution in [0.15, 0.2) is 30.5 Å². The van der Waals surface area contributed by atoms with Crippen molar-refractivity contribution in [1.82, 2.24) is 20.1 Å². The molecule has 1 atom stereocenters. The lowest BCUT2D eigenvalue weighted by atomic mass is 9.95. The molecule has 122 valence electrons. The highest BCUT2D eigenvalue weighted by molar-refractivity contribution is 5.81. The van der Waals surface area contributed by atoms with Gasteiger partial charge in [-0.2, -0.15) is 5.10 Å². The highest BCUT2D eigenvalue weighted by atomic mass is 16.2. The van der Waals surface area contributed by atoms with Crippen LogP contribution in [0.1, 0.15) is 32.9 Å². The standard InChI is InChI=1S/C18H24N4O/c1-18(2,3)17(23)22-10-8-13(12-22)11-14-5-4-6-15(20-14)16-7-9-19-21-16/h4-7,9,13H,8,10-12H2,1-3H3,(H,19,21)/t13-/m1/s1. The predicted molar refractivity (Wildman–Crippen MR) is 89.7 cm³/mol. The molecule has 0 aromatic carbocycles. The minimum Gasteiger partial charge on any atom is -0.342 e. The van der Waals surface area contributed by atoms with E-state index in [1.165, 1.54) is 0 Å². The molecule has 0 aliphatic carbocycles. The largest absolute Gasteiger partial charge is 0.342 e. The van der Waals surface area contributed by atoms with E-state index < -0.39 is 0 Å². The SMILES string of the molecule is CC(C)(C)C(=O)N1CC[C@H](Cc2cccc(-c3ccn[nH]3)n2)C1. The Morgan fingerprint density at radius 1 is 1.35 bits per heavy atom. The Bertz CT molecular complexity index is 673. The van der Waals surface area contributed by atoms with Gasteiger partial charge in [0.05, 0.1) is 11.4 Å². The molecule has 1 N–H and O–H groups in total. The highest BCUT2D eigenvalue weighted by Gasteiger charge is 2.32. The average Bonchev–Trinajstić information content (AvgIpc) is 3.17. The van der Waals surface area contributed by atoms with Crippen LogP contribution in [0.2, 0.25) is 0 Å². The number of hydrogen-bond donors (Lipinski definition) is 1. The Hall–Kier alpha value is -2.17. The molecule has 1 aliphatic rings. The van der Waals surface area contributed by atoms with Gasteiger partial charge in [-0.3, -0.25) is 14.9 Å². The number of aromatic nitrogens is 3. The zero-order valence-corrected chi connectivity index (χ0v) is 14.0. The second-order valence-corrected chi connectivity index (χ2v) is 7.34. The third-order valence-electron chi connectivity index (χ3n) is 4.30. The molecule has 0 unspecified atom stereocenters. The third kappa shape index (κ3) is 3.60. The van der Waals surface area contributed by atoms with E-state index in [0.717, 1.165) is 43.0 Å². The average molecular weight is 312 g/mol. The first-order chi connectivity index (χ1) is 10.9. The first-order valence-corrected chi connectivity index (χ1v) is 8.18. The summed E-state index contributed by atoms with van der Waals surface area (Å²) in [7, 11) is 0. The number of nitrogens with zero attached hydrogens (tertiary/aromatic N) is 3. The summed E-state index contributed by atoms with van der Waals surface area (Å²) in [6.07, 6.45) is 3.70. The monoisotopic (exact) mass is 312 g/mol. The second kappa shape index (κ2) is 6.14. The zero-order chi connectivity index (χ0) is 16.4. The van der Waals surface area contributed by atoms with Gasteiger partial charge in [-0.25, -0.2) is 0 Å². The van der Waals surface area contributed by atoms with Gasteiger partial charge in [0.1, 0.15) is 0 Å². The first-order valence-electron chi connectivity index (χ1n) is 8.18. The van der Waals surface area contributed by atoms with Crippen molar-refractivity contribution in [2.45, 2.75) is 33.6 Å². The van der Waals surface area contributed by atoms with Gasteiger partial charge >= 0.3 is 0 Å². The maximum Gasteiger partial charge on any atom is 0.227 e. The number of pyridine rings is 1. The summed E-state index contributed by atoms with van der Waals surface area (Å²) in [5.74, 6) is 0.741. The molecule has 2 aromatic rings. The van der Waals surface area contributed by atoms with Crippen molar-refractivity contribution in [3.05, 3.63) is 36.2 Å². The molecule has 23 heavy (non-hydrogen) atoms. The van der Waals surface area contributed by atoms with Crippen LogP contribution in [0.25, 0.3) is 11.4 Å². The number of hydrogen-bond acceptors (Lipinski definition) is 3. The summed E-state index contributed by atoms with van der Waals surface area (Å²) in [5, 5.41) is 6.92. The van der Waals surface area contributed by atoms with Gasteiger partial charge in [0, 0.05) is 30.4 Å². The Balaban J connectivity index is 1.65. The molecule has 3 rings (SSSR count). The van der Waals surface area contributed by atoms with Crippen LogP contribution in [-0.2, 0) is 11.2 Å². The molecule has 5 heteroatoms. The van der Waals surface area contributed by atoms with E-state index >= 15 is 0 Å². The van der Waals surface area contributed by atoms with Crippen LogP contribution in [-0.4, -0.2) is 39.1 Å². The Kier molecular flexibility index (Phi) is 4.20. The molecule has 0 spiro atoms. The fourth-order valence-corrected chi connectivity index (χ4v) is 3.10. The number of H-pyrrole nitrogens is 1. The van der Waals surface area contributed by atoms with E-state index in [-0.39, 0.29) is 11.3 Å². The minimum atomic E-state index is -0.298. The summed E-state index contributed by atoms with van der Waals surface area (Å²) in [6, 6.07) is 8.01. The van der Waals surface area contributed by atoms with Crippen LogP contribution < -0.4 is 0 Å². The quantitative estimate of drug-likeness (QED) is 0.948. The topological polar surface area (TPSA) is 61.9 Å². The van der Waals surface area contributed by atoms with Crippen molar-refractivity contribution >= 4 is 5.91 Å². The summed E-state index contributed by atoms with van der Waals surface area (Å²) in [6.45, 7) is 7.65. The van der Waals surface area contributed by atoms with Crippen LogP contribution in [0.5, 0.6) is 0 Å². The molecule has 1 amide bonds. The second-order valence-electron chi connectivity index (χ2n) is 7.34. The zero-order valence-electron chi connectivity index (χ0n) is 14.0. The number of aromatic amines is 1. The van der Waals surface area contributed by atoms with Crippen LogP contribution in [0.3, 0.4) is 0 Å². The van der Waals surface area contributed by atoms with E-state index in [9.17, 15) is 4.79 Å². The number of amides is 1. The number of nitrogens with one attached hydrogen (secondary N) is 1. The molecule has 0 saturated carbocycles. The third-order valence-corrected chi connectivity index (χ3v) is 4.30. The Labute approximate surface area is 137 Å². The van der Waals surface area contributed by atoms with E-state index in [1.807, 2.05) is 43.9 Å². The number of carbonyl (C=O) groups is 1. The van der Waals surface area contributed by atoms with Gasteiger partial charge in [-0.1, -0.05) is 26.8 Å². The number of carbonyl (C=O) groups excluding carboxylic acids is 1. The minimum absolute atomic E-state index is 0.249. The summed E-state index contributed by atoms with van der Waals surface area (Å²) in [5.41, 5.74) is 2.63.